The van der Waals surface area contributed by atoms with Crippen LogP contribution in [-0.2, 0) is 76.7 Å². The molecule has 616 valence electrons. The number of aliphatic hydroxyl groups is 1. The van der Waals surface area contributed by atoms with Crippen molar-refractivity contribution in [3.8, 4) is 0 Å². The highest BCUT2D eigenvalue weighted by Gasteiger charge is 2.46. The lowest BCUT2D eigenvalue weighted by molar-refractivity contribution is -0.146. The quantitative estimate of drug-likeness (QED) is 0.0200. The van der Waals surface area contributed by atoms with Gasteiger partial charge in [-0.15, -0.1) is 0 Å². The fraction of sp³-hybridized carbons (Fsp3) is 0.771. The van der Waals surface area contributed by atoms with Gasteiger partial charge in [0.2, 0.25) is 88.6 Å². The van der Waals surface area contributed by atoms with Gasteiger partial charge in [-0.25, -0.2) is 4.79 Å². The van der Waals surface area contributed by atoms with E-state index in [-0.39, 0.29) is 102 Å². The van der Waals surface area contributed by atoms with E-state index >= 15 is 0 Å². The Morgan fingerprint density at radius 3 is 1.22 bits per heavy atom. The molecule has 4 fully saturated rings. The van der Waals surface area contributed by atoms with Gasteiger partial charge in [-0.3, -0.25) is 71.9 Å². The van der Waals surface area contributed by atoms with E-state index in [9.17, 15) is 86.9 Å². The molecule has 0 bridgehead atoms. The van der Waals surface area contributed by atoms with Gasteiger partial charge in [0, 0.05) is 38.4 Å². The van der Waals surface area contributed by atoms with Crippen molar-refractivity contribution in [1.82, 2.24) is 67.5 Å². The number of carbonyl (C=O) groups excluding carboxylic acids is 15. The number of likely N-dealkylation sites (tertiary alicyclic amines) is 4. The number of nitrogens with one attached hydrogen (secondary N) is 9. The molecule has 4 aliphatic rings. The van der Waals surface area contributed by atoms with Crippen molar-refractivity contribution in [3.05, 3.63) is 0 Å². The smallest absolute Gasteiger partial charge is 0.327 e. The number of nitrogens with two attached hydrogens (primary N) is 6. The SMILES string of the molecule is CSCC[C@H](N)C(=O)N1CCC[C@H]1C(=O)N[C@@H](CCCCN)C(=O)N[C@@H](CCCCN)C(=O)N[C@@H](CCCCN)C(=O)N1CCC[C@H]1C(=O)N[C@H](C(=O)N1CCC[C@H]1C(=O)N[C@H](C(=O)N[C@@H](CCC(N)=O)C(=O)N[C@@H](CC(C)C)C(=O)N[C@@H](CC(N)=O)C(=O)N1CCC[C@H]1C(=O)N[C@@H](CS)C(=O)O)C(C)C)[C@@H](C)O. The molecule has 15 atom stereocenters. The third-order valence-corrected chi connectivity index (χ3v) is 20.8. The van der Waals surface area contributed by atoms with Gasteiger partial charge in [0.05, 0.1) is 18.6 Å². The molecule has 109 heavy (non-hydrogen) atoms. The minimum atomic E-state index is -1.69. The maximum absolute atomic E-state index is 14.9. The monoisotopic (exact) mass is 1580 g/mol. The van der Waals surface area contributed by atoms with Crippen molar-refractivity contribution in [2.24, 2.45) is 46.2 Å². The lowest BCUT2D eigenvalue weighted by Gasteiger charge is -2.33. The van der Waals surface area contributed by atoms with Gasteiger partial charge in [0.25, 0.3) is 0 Å². The highest BCUT2D eigenvalue weighted by Crippen LogP contribution is 2.26. The molecule has 39 heteroatoms. The number of hydrogen-bond donors (Lipinski definition) is 18. The molecule has 15 amide bonds. The fourth-order valence-corrected chi connectivity index (χ4v) is 14.5. The van der Waals surface area contributed by atoms with Crippen LogP contribution in [0, 0.1) is 11.8 Å². The summed E-state index contributed by atoms with van der Waals surface area (Å²) in [7, 11) is 0. The highest BCUT2D eigenvalue weighted by atomic mass is 32.2. The molecule has 0 aromatic heterocycles. The summed E-state index contributed by atoms with van der Waals surface area (Å²) in [6, 6.07) is -18.3. The molecule has 0 unspecified atom stereocenters. The molecular weight excluding hydrogens is 1460 g/mol. The Labute approximate surface area is 646 Å². The van der Waals surface area contributed by atoms with E-state index in [1.807, 2.05) is 6.26 Å². The molecule has 0 radical (unpaired) electrons. The number of carbonyl (C=O) groups is 16. The molecule has 4 aliphatic heterocycles. The summed E-state index contributed by atoms with van der Waals surface area (Å²) in [5.41, 5.74) is 34.8. The lowest BCUT2D eigenvalue weighted by Crippen LogP contribution is -2.62. The summed E-state index contributed by atoms with van der Waals surface area (Å²) in [5, 5.41) is 44.4. The lowest BCUT2D eigenvalue weighted by atomic mass is 9.99. The highest BCUT2D eigenvalue weighted by molar-refractivity contribution is 7.98. The summed E-state index contributed by atoms with van der Waals surface area (Å²) >= 11 is 5.51. The number of rotatable bonds is 48. The average Bonchev–Trinajstić information content (AvgIpc) is 1.74. The van der Waals surface area contributed by atoms with Crippen LogP contribution in [0.5, 0.6) is 0 Å². The van der Waals surface area contributed by atoms with Crippen LogP contribution >= 0.6 is 24.4 Å². The summed E-state index contributed by atoms with van der Waals surface area (Å²) < 4.78 is 0. The van der Waals surface area contributed by atoms with E-state index in [0.717, 1.165) is 9.80 Å². The van der Waals surface area contributed by atoms with Crippen molar-refractivity contribution >= 4 is 119 Å². The summed E-state index contributed by atoms with van der Waals surface area (Å²) in [5.74, 6) is -14.1. The molecule has 0 saturated carbocycles. The van der Waals surface area contributed by atoms with Crippen LogP contribution in [0.15, 0.2) is 0 Å². The number of thioether (sulfide) groups is 1. The zero-order valence-electron chi connectivity index (χ0n) is 63.8. The van der Waals surface area contributed by atoms with Gasteiger partial charge in [0.1, 0.15) is 78.5 Å². The zero-order valence-corrected chi connectivity index (χ0v) is 65.5. The number of carboxylic acid groups (broad SMARTS) is 1. The van der Waals surface area contributed by atoms with Crippen LogP contribution in [-0.4, -0.2) is 279 Å². The van der Waals surface area contributed by atoms with Crippen LogP contribution in [0.1, 0.15) is 176 Å². The van der Waals surface area contributed by atoms with Crippen molar-refractivity contribution in [2.75, 3.05) is 63.6 Å². The van der Waals surface area contributed by atoms with Crippen LogP contribution in [0.2, 0.25) is 0 Å². The van der Waals surface area contributed by atoms with Crippen molar-refractivity contribution in [1.29, 1.82) is 0 Å². The van der Waals surface area contributed by atoms with Gasteiger partial charge in [0.15, 0.2) is 0 Å². The van der Waals surface area contributed by atoms with Crippen LogP contribution < -0.4 is 82.3 Å². The molecular formula is C70H121N19O18S2. The number of hydrogen-bond acceptors (Lipinski definition) is 23. The first-order valence-electron chi connectivity index (χ1n) is 38.0. The minimum Gasteiger partial charge on any atom is -0.480 e. The topological polar surface area (TPSA) is 591 Å². The molecule has 23 N–H and O–H groups in total. The zero-order chi connectivity index (χ0) is 81.4. The van der Waals surface area contributed by atoms with Crippen LogP contribution in [0.3, 0.4) is 0 Å². The summed E-state index contributed by atoms with van der Waals surface area (Å²) in [4.78, 5) is 226. The Balaban J connectivity index is 1.51. The molecule has 4 rings (SSSR count). The molecule has 0 aliphatic carbocycles. The predicted octanol–water partition coefficient (Wildman–Crippen LogP) is -4.98. The number of amides is 15. The number of thiol groups is 1. The first-order valence-corrected chi connectivity index (χ1v) is 40.1. The minimum absolute atomic E-state index is 0.0105. The van der Waals surface area contributed by atoms with Crippen LogP contribution in [0.25, 0.3) is 0 Å². The second kappa shape index (κ2) is 47.3. The van der Waals surface area contributed by atoms with Crippen molar-refractivity contribution in [3.63, 3.8) is 0 Å². The number of unbranched alkanes of at least 4 members (excludes halogenated alkanes) is 3. The second-order valence-electron chi connectivity index (χ2n) is 29.2. The molecule has 0 aromatic rings. The number of aliphatic hydroxyl groups excluding tert-OH is 1. The maximum atomic E-state index is 14.9. The van der Waals surface area contributed by atoms with E-state index in [1.165, 1.54) is 28.5 Å². The van der Waals surface area contributed by atoms with E-state index in [4.69, 9.17) is 34.4 Å². The van der Waals surface area contributed by atoms with E-state index in [1.54, 1.807) is 27.7 Å². The fourth-order valence-electron chi connectivity index (χ4n) is 13.8. The molecule has 0 spiro atoms. The normalized spacial score (nSPS) is 20.1. The number of nitrogens with zero attached hydrogens (tertiary/aromatic N) is 4. The van der Waals surface area contributed by atoms with Crippen molar-refractivity contribution < 1.29 is 86.9 Å². The number of carboxylic acids is 1. The summed E-state index contributed by atoms with van der Waals surface area (Å²) in [6.45, 7) is 8.92. The van der Waals surface area contributed by atoms with Gasteiger partial charge >= 0.3 is 5.97 Å². The number of primary amides is 2. The van der Waals surface area contributed by atoms with Gasteiger partial charge in [-0.2, -0.15) is 24.4 Å². The first kappa shape index (κ1) is 93.4. The number of aliphatic carboxylic acids is 1. The Morgan fingerprint density at radius 1 is 0.440 bits per heavy atom. The maximum Gasteiger partial charge on any atom is 0.327 e. The largest absolute Gasteiger partial charge is 0.480 e. The average molecular weight is 1580 g/mol. The third kappa shape index (κ3) is 29.0. The molecule has 0 aromatic carbocycles. The van der Waals surface area contributed by atoms with E-state index in [2.05, 4.69) is 60.5 Å². The van der Waals surface area contributed by atoms with Gasteiger partial charge in [-0.05, 0) is 179 Å². The van der Waals surface area contributed by atoms with E-state index < -0.39 is 205 Å². The molecule has 4 heterocycles. The molecule has 37 nitrogen and oxygen atoms in total. The Hall–Kier alpha value is -7.98. The predicted molar refractivity (Wildman–Crippen MR) is 406 cm³/mol. The first-order chi connectivity index (χ1) is 51.7. The Morgan fingerprint density at radius 2 is 0.807 bits per heavy atom. The van der Waals surface area contributed by atoms with Gasteiger partial charge in [-0.1, -0.05) is 27.7 Å². The second-order valence-corrected chi connectivity index (χ2v) is 30.6. The van der Waals surface area contributed by atoms with Crippen molar-refractivity contribution in [2.45, 2.75) is 267 Å². The van der Waals surface area contributed by atoms with E-state index in [0.29, 0.717) is 89.5 Å². The standard InChI is InChI=1S/C70H121N19O18S2/c1-38(2)35-46(60(96)82-47(36-54(76)92)68(104)88-32-14-21-50(88)62(98)83-48(37-108)70(106)107)81-59(95)44(24-25-53(75)91)79-65(101)55(39(3)4)84-63(99)52-23-16-33-89(52)69(105)56(40(5)90)85-64(100)51-22-15-31-87(51)67(103)45(19-9-12-29-73)80-58(94)42(17-7-10-27-71)77-57(93)43(18-8-11-28-72)78-61(97)49-20-13-30-86(49)66(102)41(74)26-34-109-6/h38-52,55-56,90,108H,7-37,71-74H2,1-6H3,(H2,75,91)(H2,76,92)(H,77,93)(H,78,97)(H,79,101)(H,80,94)(H,81,95)(H,82,96)(H,83,98)(H,84,99)(H,85,100)(H,106,107)/t40-,41+,42+,43+,44+,45+,46+,47+,48+,49+,50+,51+,52+,55+,56+/m1/s1. The summed E-state index contributed by atoms with van der Waals surface area (Å²) in [6.07, 6.45) is 3.88. The van der Waals surface area contributed by atoms with Gasteiger partial charge < -0.3 is 112 Å². The van der Waals surface area contributed by atoms with Crippen LogP contribution in [0.4, 0.5) is 0 Å². The Bertz CT molecular complexity index is 3140. The Kier molecular flexibility index (Phi) is 40.5. The third-order valence-electron chi connectivity index (χ3n) is 19.8. The molecule has 4 saturated heterocycles.